The number of pyridine rings is 1. The van der Waals surface area contributed by atoms with Crippen molar-refractivity contribution in [3.8, 4) is 6.07 Å². The SMILES string of the molecule is N#Cc1cnc2c(Nc3cccc(C(=O)NC4(C(F)(F)F)CC4)n3)cc(NC34CCCC(CC(CCO)C3)C4)nn12. The molecule has 3 aliphatic rings. The van der Waals surface area contributed by atoms with E-state index in [1.165, 1.54) is 29.3 Å². The van der Waals surface area contributed by atoms with E-state index in [4.69, 9.17) is 0 Å². The minimum Gasteiger partial charge on any atom is -0.396 e. The topological polar surface area (TPSA) is 140 Å². The first-order valence-electron chi connectivity index (χ1n) is 13.9. The Morgan fingerprint density at radius 2 is 2.05 bits per heavy atom. The summed E-state index contributed by atoms with van der Waals surface area (Å²) in [6.45, 7) is 0.160. The van der Waals surface area contributed by atoms with Crippen molar-refractivity contribution >= 4 is 28.9 Å². The van der Waals surface area contributed by atoms with Crippen molar-refractivity contribution < 1.29 is 23.1 Å². The zero-order chi connectivity index (χ0) is 28.8. The predicted molar refractivity (Wildman–Crippen MR) is 143 cm³/mol. The van der Waals surface area contributed by atoms with E-state index in [0.29, 0.717) is 29.0 Å². The molecule has 41 heavy (non-hydrogen) atoms. The Labute approximate surface area is 234 Å². The Balaban J connectivity index is 1.29. The van der Waals surface area contributed by atoms with Crippen LogP contribution in [0.15, 0.2) is 30.5 Å². The summed E-state index contributed by atoms with van der Waals surface area (Å²) in [5.74, 6) is 0.858. The predicted octanol–water partition coefficient (Wildman–Crippen LogP) is 4.70. The van der Waals surface area contributed by atoms with Crippen LogP contribution in [0.5, 0.6) is 0 Å². The van der Waals surface area contributed by atoms with Gasteiger partial charge in [0.15, 0.2) is 11.3 Å². The average Bonchev–Trinajstić information content (AvgIpc) is 3.60. The third-order valence-corrected chi connectivity index (χ3v) is 8.70. The van der Waals surface area contributed by atoms with Gasteiger partial charge in [-0.05, 0) is 68.9 Å². The minimum atomic E-state index is -4.53. The third-order valence-electron chi connectivity index (χ3n) is 8.70. The Kier molecular flexibility index (Phi) is 6.76. The molecule has 3 saturated carbocycles. The fourth-order valence-electron chi connectivity index (χ4n) is 6.67. The Bertz CT molecular complexity index is 1510. The maximum Gasteiger partial charge on any atom is 0.411 e. The lowest BCUT2D eigenvalue weighted by Gasteiger charge is -2.49. The molecule has 3 aromatic heterocycles. The first-order chi connectivity index (χ1) is 19.6. The van der Waals surface area contributed by atoms with Gasteiger partial charge in [0.1, 0.15) is 28.9 Å². The summed E-state index contributed by atoms with van der Waals surface area (Å²) in [4.78, 5) is 21.3. The van der Waals surface area contributed by atoms with Gasteiger partial charge < -0.3 is 21.1 Å². The number of fused-ring (bicyclic) bond motifs is 3. The lowest BCUT2D eigenvalue weighted by atomic mass is 9.63. The van der Waals surface area contributed by atoms with Gasteiger partial charge in [0.25, 0.3) is 5.91 Å². The van der Waals surface area contributed by atoms with Crippen LogP contribution in [0.2, 0.25) is 0 Å². The second-order valence-corrected chi connectivity index (χ2v) is 11.7. The number of aliphatic hydroxyl groups excluding tert-OH is 1. The molecule has 0 saturated heterocycles. The van der Waals surface area contributed by atoms with Crippen LogP contribution in [-0.2, 0) is 0 Å². The molecule has 216 valence electrons. The number of halogens is 3. The summed E-state index contributed by atoms with van der Waals surface area (Å²) in [6.07, 6.45) is 3.60. The Morgan fingerprint density at radius 3 is 2.78 bits per heavy atom. The summed E-state index contributed by atoms with van der Waals surface area (Å²) < 4.78 is 41.5. The van der Waals surface area contributed by atoms with E-state index >= 15 is 0 Å². The number of hydrogen-bond donors (Lipinski definition) is 4. The van der Waals surface area contributed by atoms with E-state index in [-0.39, 0.29) is 42.2 Å². The number of anilines is 3. The van der Waals surface area contributed by atoms with Crippen molar-refractivity contribution in [2.45, 2.75) is 75.0 Å². The second-order valence-electron chi connectivity index (χ2n) is 11.7. The molecular formula is C28H31F3N8O2. The number of nitriles is 1. The standard InChI is InChI=1S/C28H31F3N8O2/c29-28(30,31)27(8-9-27)37-25(41)20-4-1-5-22(34-20)35-21-12-23(38-39-19(15-32)16-33-24(21)39)36-26-7-2-3-17(13-26)11-18(14-26)6-10-40/h1,4-5,12,16-18,40H,2-3,6-11,13-14H2,(H,34,35)(H,36,38)(H,37,41). The largest absolute Gasteiger partial charge is 0.411 e. The Hall–Kier alpha value is -3.92. The highest BCUT2D eigenvalue weighted by molar-refractivity contribution is 5.93. The molecule has 3 atom stereocenters. The van der Waals surface area contributed by atoms with Crippen LogP contribution in [0.1, 0.15) is 74.0 Å². The number of alkyl halides is 3. The molecule has 3 aromatic rings. The lowest BCUT2D eigenvalue weighted by Crippen LogP contribution is -2.48. The monoisotopic (exact) mass is 568 g/mol. The number of carbonyl (C=O) groups excluding carboxylic acids is 1. The summed E-state index contributed by atoms with van der Waals surface area (Å²) in [5, 5.41) is 32.8. The number of aromatic nitrogens is 4. The highest BCUT2D eigenvalue weighted by Gasteiger charge is 2.64. The molecule has 3 fully saturated rings. The van der Waals surface area contributed by atoms with Gasteiger partial charge in [0, 0.05) is 18.2 Å². The zero-order valence-corrected chi connectivity index (χ0v) is 22.3. The van der Waals surface area contributed by atoms with E-state index in [1.54, 1.807) is 12.1 Å². The van der Waals surface area contributed by atoms with Crippen LogP contribution < -0.4 is 16.0 Å². The van der Waals surface area contributed by atoms with Crippen LogP contribution in [-0.4, -0.2) is 54.5 Å². The van der Waals surface area contributed by atoms with Gasteiger partial charge in [-0.15, -0.1) is 5.10 Å². The summed E-state index contributed by atoms with van der Waals surface area (Å²) in [6, 6.07) is 8.35. The van der Waals surface area contributed by atoms with Gasteiger partial charge in [-0.2, -0.15) is 22.9 Å². The van der Waals surface area contributed by atoms with Crippen molar-refractivity contribution in [3.05, 3.63) is 41.9 Å². The molecule has 10 nitrogen and oxygen atoms in total. The molecule has 3 unspecified atom stereocenters. The van der Waals surface area contributed by atoms with Gasteiger partial charge in [0.05, 0.1) is 11.9 Å². The van der Waals surface area contributed by atoms with Crippen LogP contribution in [0, 0.1) is 23.2 Å². The molecule has 3 aliphatic carbocycles. The normalized spacial score (nSPS) is 24.9. The highest BCUT2D eigenvalue weighted by Crippen LogP contribution is 2.49. The lowest BCUT2D eigenvalue weighted by molar-refractivity contribution is -0.163. The zero-order valence-electron chi connectivity index (χ0n) is 22.3. The molecule has 0 aliphatic heterocycles. The van der Waals surface area contributed by atoms with Crippen LogP contribution in [0.25, 0.3) is 5.65 Å². The number of amides is 1. The fourth-order valence-corrected chi connectivity index (χ4v) is 6.67. The van der Waals surface area contributed by atoms with Gasteiger partial charge in [-0.1, -0.05) is 18.9 Å². The summed E-state index contributed by atoms with van der Waals surface area (Å²) in [7, 11) is 0. The van der Waals surface area contributed by atoms with E-state index in [0.717, 1.165) is 38.5 Å². The third kappa shape index (κ3) is 5.28. The highest BCUT2D eigenvalue weighted by atomic mass is 19.4. The number of nitrogens with zero attached hydrogens (tertiary/aromatic N) is 5. The smallest absolute Gasteiger partial charge is 0.396 e. The van der Waals surface area contributed by atoms with Crippen molar-refractivity contribution in [1.82, 2.24) is 24.9 Å². The molecule has 13 heteroatoms. The van der Waals surface area contributed by atoms with Crippen LogP contribution in [0.4, 0.5) is 30.5 Å². The quantitative estimate of drug-likeness (QED) is 0.307. The minimum absolute atomic E-state index is 0.153. The molecule has 3 heterocycles. The van der Waals surface area contributed by atoms with Gasteiger partial charge in [-0.3, -0.25) is 4.79 Å². The van der Waals surface area contributed by atoms with Crippen LogP contribution >= 0.6 is 0 Å². The number of nitrogens with one attached hydrogen (secondary N) is 3. The molecule has 1 amide bonds. The first-order valence-corrected chi connectivity index (χ1v) is 13.9. The van der Waals surface area contributed by atoms with Crippen molar-refractivity contribution in [1.29, 1.82) is 5.26 Å². The number of carbonyl (C=O) groups is 1. The Morgan fingerprint density at radius 1 is 1.22 bits per heavy atom. The van der Waals surface area contributed by atoms with E-state index in [2.05, 4.69) is 37.1 Å². The molecule has 0 radical (unpaired) electrons. The molecule has 4 N–H and O–H groups in total. The number of hydrogen-bond acceptors (Lipinski definition) is 8. The molecule has 0 spiro atoms. The number of aliphatic hydroxyl groups is 1. The van der Waals surface area contributed by atoms with Crippen molar-refractivity contribution in [2.24, 2.45) is 11.8 Å². The van der Waals surface area contributed by atoms with E-state index in [9.17, 15) is 28.3 Å². The summed E-state index contributed by atoms with van der Waals surface area (Å²) >= 11 is 0. The second kappa shape index (κ2) is 10.2. The fraction of sp³-hybridized carbons (Fsp3) is 0.536. The first kappa shape index (κ1) is 27.3. The summed E-state index contributed by atoms with van der Waals surface area (Å²) in [5.41, 5.74) is -1.47. The molecule has 2 bridgehead atoms. The average molecular weight is 569 g/mol. The van der Waals surface area contributed by atoms with E-state index in [1.807, 2.05) is 0 Å². The van der Waals surface area contributed by atoms with Gasteiger partial charge in [-0.25, -0.2) is 9.97 Å². The molecule has 0 aromatic carbocycles. The number of rotatable bonds is 8. The maximum atomic E-state index is 13.4. The van der Waals surface area contributed by atoms with E-state index < -0.39 is 17.6 Å². The molecule has 6 rings (SSSR count). The maximum absolute atomic E-state index is 13.4. The van der Waals surface area contributed by atoms with Gasteiger partial charge >= 0.3 is 6.18 Å². The molecular weight excluding hydrogens is 537 g/mol. The van der Waals surface area contributed by atoms with Gasteiger partial charge in [0.2, 0.25) is 0 Å². The number of imidazole rings is 1. The van der Waals surface area contributed by atoms with Crippen LogP contribution in [0.3, 0.4) is 0 Å². The van der Waals surface area contributed by atoms with Crippen molar-refractivity contribution in [2.75, 3.05) is 17.2 Å². The van der Waals surface area contributed by atoms with Crippen molar-refractivity contribution in [3.63, 3.8) is 0 Å².